The van der Waals surface area contributed by atoms with Crippen LogP contribution in [0.15, 0.2) is 0 Å². The first-order valence-electron chi connectivity index (χ1n) is 9.35. The predicted molar refractivity (Wildman–Crippen MR) is 92.1 cm³/mol. The normalized spacial score (nSPS) is 24.4. The van der Waals surface area contributed by atoms with Crippen LogP contribution in [0.5, 0.6) is 0 Å². The van der Waals surface area contributed by atoms with E-state index in [0.717, 1.165) is 38.9 Å². The molecule has 132 valence electrons. The van der Waals surface area contributed by atoms with Crippen molar-refractivity contribution in [1.82, 2.24) is 15.1 Å². The first kappa shape index (κ1) is 18.2. The lowest BCUT2D eigenvalue weighted by Gasteiger charge is -2.35. The summed E-state index contributed by atoms with van der Waals surface area (Å²) >= 11 is 0. The van der Waals surface area contributed by atoms with E-state index in [2.05, 4.69) is 24.1 Å². The molecule has 2 heterocycles. The van der Waals surface area contributed by atoms with Gasteiger partial charge in [0.15, 0.2) is 0 Å². The molecule has 1 N–H and O–H groups in total. The number of hydrogen-bond acceptors (Lipinski definition) is 3. The molecule has 2 aliphatic rings. The second kappa shape index (κ2) is 9.26. The second-order valence-electron chi connectivity index (χ2n) is 7.38. The van der Waals surface area contributed by atoms with Crippen molar-refractivity contribution in [3.63, 3.8) is 0 Å². The Morgan fingerprint density at radius 2 is 1.96 bits per heavy atom. The molecule has 0 unspecified atom stereocenters. The van der Waals surface area contributed by atoms with Gasteiger partial charge >= 0.3 is 0 Å². The average molecular weight is 323 g/mol. The molecule has 0 spiro atoms. The number of nitrogens with one attached hydrogen (secondary N) is 1. The Hall–Kier alpha value is -1.10. The zero-order valence-corrected chi connectivity index (χ0v) is 14.9. The monoisotopic (exact) mass is 323 g/mol. The maximum atomic E-state index is 12.2. The van der Waals surface area contributed by atoms with Gasteiger partial charge in [-0.05, 0) is 52.0 Å². The van der Waals surface area contributed by atoms with E-state index in [4.69, 9.17) is 0 Å². The third kappa shape index (κ3) is 6.13. The van der Waals surface area contributed by atoms with Gasteiger partial charge in [0.25, 0.3) is 0 Å². The van der Waals surface area contributed by atoms with Crippen LogP contribution < -0.4 is 5.32 Å². The van der Waals surface area contributed by atoms with Gasteiger partial charge in [0.05, 0.1) is 6.54 Å². The number of hydrogen-bond donors (Lipinski definition) is 1. The van der Waals surface area contributed by atoms with Crippen molar-refractivity contribution in [3.8, 4) is 0 Å². The Kier molecular flexibility index (Phi) is 7.34. The molecule has 2 fully saturated rings. The van der Waals surface area contributed by atoms with Crippen molar-refractivity contribution < 1.29 is 9.59 Å². The highest BCUT2D eigenvalue weighted by molar-refractivity contribution is 5.84. The van der Waals surface area contributed by atoms with Crippen LogP contribution in [-0.4, -0.2) is 60.4 Å². The quantitative estimate of drug-likeness (QED) is 0.842. The third-order valence-electron chi connectivity index (χ3n) is 5.12. The van der Waals surface area contributed by atoms with Crippen LogP contribution in [0.1, 0.15) is 58.8 Å². The molecule has 0 radical (unpaired) electrons. The van der Waals surface area contributed by atoms with Gasteiger partial charge in [-0.3, -0.25) is 9.59 Å². The highest BCUT2D eigenvalue weighted by atomic mass is 16.2. The molecule has 0 aromatic heterocycles. The fourth-order valence-corrected chi connectivity index (χ4v) is 3.60. The molecule has 2 saturated heterocycles. The number of carbonyl (C=O) groups is 2. The number of nitrogens with zero attached hydrogens (tertiary/aromatic N) is 2. The van der Waals surface area contributed by atoms with E-state index < -0.39 is 0 Å². The van der Waals surface area contributed by atoms with Crippen LogP contribution in [0.2, 0.25) is 0 Å². The van der Waals surface area contributed by atoms with Crippen molar-refractivity contribution in [3.05, 3.63) is 0 Å². The Morgan fingerprint density at radius 1 is 1.17 bits per heavy atom. The van der Waals surface area contributed by atoms with Gasteiger partial charge in [-0.1, -0.05) is 12.8 Å². The van der Waals surface area contributed by atoms with E-state index in [1.807, 2.05) is 0 Å². The number of amides is 2. The second-order valence-corrected chi connectivity index (χ2v) is 7.38. The van der Waals surface area contributed by atoms with E-state index in [1.165, 1.54) is 25.8 Å². The summed E-state index contributed by atoms with van der Waals surface area (Å²) in [7, 11) is 0. The fourth-order valence-electron chi connectivity index (χ4n) is 3.60. The van der Waals surface area contributed by atoms with Crippen molar-refractivity contribution >= 4 is 11.8 Å². The lowest BCUT2D eigenvalue weighted by Crippen LogP contribution is -2.46. The molecule has 2 rings (SSSR count). The Morgan fingerprint density at radius 3 is 2.74 bits per heavy atom. The lowest BCUT2D eigenvalue weighted by atomic mass is 9.97. The topological polar surface area (TPSA) is 52.7 Å². The van der Waals surface area contributed by atoms with Gasteiger partial charge in [0, 0.05) is 32.1 Å². The standard InChI is InChI=1S/C18H33N3O2/c1-15(2)20-11-7-8-16(13-20)12-19-17(22)14-21-10-6-4-3-5-9-18(21)23/h15-16H,3-14H2,1-2H3,(H,19,22)/t16-/m1/s1. The molecule has 0 aromatic carbocycles. The van der Waals surface area contributed by atoms with Crippen LogP contribution in [0.4, 0.5) is 0 Å². The van der Waals surface area contributed by atoms with Gasteiger partial charge < -0.3 is 15.1 Å². The highest BCUT2D eigenvalue weighted by Gasteiger charge is 2.23. The Bertz CT molecular complexity index is 398. The van der Waals surface area contributed by atoms with E-state index in [1.54, 1.807) is 4.90 Å². The SMILES string of the molecule is CC(C)N1CCC[C@H](CNC(=O)CN2CCCCCCC2=O)C1. The van der Waals surface area contributed by atoms with Crippen LogP contribution in [0.3, 0.4) is 0 Å². The molecule has 5 nitrogen and oxygen atoms in total. The summed E-state index contributed by atoms with van der Waals surface area (Å²) in [5.41, 5.74) is 0. The molecular weight excluding hydrogens is 290 g/mol. The summed E-state index contributed by atoms with van der Waals surface area (Å²) < 4.78 is 0. The van der Waals surface area contributed by atoms with Crippen molar-refractivity contribution in [2.45, 2.75) is 64.8 Å². The van der Waals surface area contributed by atoms with Gasteiger partial charge in [-0.2, -0.15) is 0 Å². The van der Waals surface area contributed by atoms with Crippen molar-refractivity contribution in [1.29, 1.82) is 0 Å². The molecule has 0 bridgehead atoms. The third-order valence-corrected chi connectivity index (χ3v) is 5.12. The molecule has 0 aromatic rings. The van der Waals surface area contributed by atoms with Gasteiger partial charge in [-0.15, -0.1) is 0 Å². The lowest BCUT2D eigenvalue weighted by molar-refractivity contribution is -0.136. The van der Waals surface area contributed by atoms with E-state index in [0.29, 0.717) is 18.4 Å². The summed E-state index contributed by atoms with van der Waals surface area (Å²) in [6.07, 6.45) is 7.28. The van der Waals surface area contributed by atoms with Gasteiger partial charge in [0.1, 0.15) is 0 Å². The van der Waals surface area contributed by atoms with Gasteiger partial charge in [0.2, 0.25) is 11.8 Å². The minimum atomic E-state index is 0.000550. The van der Waals surface area contributed by atoms with Crippen molar-refractivity contribution in [2.75, 3.05) is 32.7 Å². The predicted octanol–water partition coefficient (Wildman–Crippen LogP) is 2.02. The average Bonchev–Trinajstić information content (AvgIpc) is 2.53. The summed E-state index contributed by atoms with van der Waals surface area (Å²) in [4.78, 5) is 28.5. The smallest absolute Gasteiger partial charge is 0.239 e. The maximum Gasteiger partial charge on any atom is 0.239 e. The van der Waals surface area contributed by atoms with Crippen molar-refractivity contribution in [2.24, 2.45) is 5.92 Å². The highest BCUT2D eigenvalue weighted by Crippen LogP contribution is 2.17. The number of likely N-dealkylation sites (tertiary alicyclic amines) is 2. The van der Waals surface area contributed by atoms with Crippen LogP contribution in [0.25, 0.3) is 0 Å². The van der Waals surface area contributed by atoms with Crippen LogP contribution in [-0.2, 0) is 9.59 Å². The van der Waals surface area contributed by atoms with E-state index in [9.17, 15) is 9.59 Å². The minimum Gasteiger partial charge on any atom is -0.354 e. The molecule has 23 heavy (non-hydrogen) atoms. The molecule has 2 amide bonds. The minimum absolute atomic E-state index is 0.000550. The van der Waals surface area contributed by atoms with E-state index in [-0.39, 0.29) is 18.4 Å². The zero-order chi connectivity index (χ0) is 16.7. The molecule has 1 atom stereocenters. The fraction of sp³-hybridized carbons (Fsp3) is 0.889. The number of rotatable bonds is 5. The number of carbonyl (C=O) groups excluding carboxylic acids is 2. The van der Waals surface area contributed by atoms with Gasteiger partial charge in [-0.25, -0.2) is 0 Å². The zero-order valence-electron chi connectivity index (χ0n) is 14.9. The summed E-state index contributed by atoms with van der Waals surface area (Å²) in [6, 6.07) is 0.576. The van der Waals surface area contributed by atoms with Crippen LogP contribution in [0, 0.1) is 5.92 Å². The summed E-state index contributed by atoms with van der Waals surface area (Å²) in [6.45, 7) is 8.41. The van der Waals surface area contributed by atoms with E-state index >= 15 is 0 Å². The Balaban J connectivity index is 1.72. The largest absolute Gasteiger partial charge is 0.354 e. The molecule has 5 heteroatoms. The number of piperidine rings is 1. The maximum absolute atomic E-state index is 12.2. The summed E-state index contributed by atoms with van der Waals surface area (Å²) in [5.74, 6) is 0.683. The molecule has 0 saturated carbocycles. The first-order chi connectivity index (χ1) is 11.1. The molecular formula is C18H33N3O2. The molecule has 2 aliphatic heterocycles. The first-order valence-corrected chi connectivity index (χ1v) is 9.35. The molecule has 0 aliphatic carbocycles. The summed E-state index contributed by atoms with van der Waals surface area (Å²) in [5, 5.41) is 3.06. The van der Waals surface area contributed by atoms with Crippen LogP contribution >= 0.6 is 0 Å². The Labute approximate surface area is 140 Å².